The van der Waals surface area contributed by atoms with E-state index >= 15 is 0 Å². The summed E-state index contributed by atoms with van der Waals surface area (Å²) in [7, 11) is 4.59. The maximum atomic E-state index is 11.9. The monoisotopic (exact) mass is 447 g/mol. The fraction of sp³-hybridized carbons (Fsp3) is 0.286. The highest BCUT2D eigenvalue weighted by Crippen LogP contribution is 2.40. The molecule has 0 saturated heterocycles. The molecule has 0 aliphatic rings. The molecule has 31 heavy (non-hydrogen) atoms. The Bertz CT molecular complexity index is 997. The van der Waals surface area contributed by atoms with Crippen LogP contribution in [0.1, 0.15) is 5.89 Å². The summed E-state index contributed by atoms with van der Waals surface area (Å²) in [6, 6.07) is 10.2. The second-order valence-corrected chi connectivity index (χ2v) is 6.70. The standard InChI is InChI=1S/C21H22ClN3O6/c1-27-16-10-13(11-17(28-2)20(16)29-3)21-24-19(31-25-21)8-9-23-18(26)12-30-15-6-4-14(22)5-7-15/h4-7,10-11H,8-9,12H2,1-3H3,(H,23,26). The second kappa shape index (κ2) is 10.5. The van der Waals surface area contributed by atoms with Gasteiger partial charge in [0.2, 0.25) is 17.5 Å². The Morgan fingerprint density at radius 3 is 2.35 bits per heavy atom. The first kappa shape index (κ1) is 22.2. The number of hydrogen-bond acceptors (Lipinski definition) is 8. The molecule has 0 bridgehead atoms. The number of methoxy groups -OCH3 is 3. The zero-order chi connectivity index (χ0) is 22.2. The minimum absolute atomic E-state index is 0.109. The van der Waals surface area contributed by atoms with Crippen LogP contribution in [-0.4, -0.2) is 50.5 Å². The van der Waals surface area contributed by atoms with E-state index in [4.69, 9.17) is 35.1 Å². The average molecular weight is 448 g/mol. The van der Waals surface area contributed by atoms with Crippen molar-refractivity contribution < 1.29 is 28.3 Å². The fourth-order valence-electron chi connectivity index (χ4n) is 2.72. The molecular formula is C21H22ClN3O6. The Hall–Kier alpha value is -3.46. The van der Waals surface area contributed by atoms with Gasteiger partial charge in [-0.15, -0.1) is 0 Å². The molecule has 0 atom stereocenters. The van der Waals surface area contributed by atoms with Crippen LogP contribution in [0, 0.1) is 0 Å². The van der Waals surface area contributed by atoms with Crippen LogP contribution in [0.25, 0.3) is 11.4 Å². The predicted molar refractivity (Wildman–Crippen MR) is 113 cm³/mol. The minimum atomic E-state index is -0.265. The van der Waals surface area contributed by atoms with Crippen molar-refractivity contribution in [2.24, 2.45) is 0 Å². The lowest BCUT2D eigenvalue weighted by Gasteiger charge is -2.12. The van der Waals surface area contributed by atoms with E-state index in [9.17, 15) is 4.79 Å². The van der Waals surface area contributed by atoms with E-state index in [2.05, 4.69) is 15.5 Å². The molecule has 2 aromatic carbocycles. The summed E-state index contributed by atoms with van der Waals surface area (Å²) in [4.78, 5) is 16.3. The predicted octanol–water partition coefficient (Wildman–Crippen LogP) is 3.15. The highest BCUT2D eigenvalue weighted by molar-refractivity contribution is 6.30. The first-order chi connectivity index (χ1) is 15.0. The molecule has 10 heteroatoms. The first-order valence-electron chi connectivity index (χ1n) is 9.32. The average Bonchev–Trinajstić information content (AvgIpc) is 3.26. The summed E-state index contributed by atoms with van der Waals surface area (Å²) >= 11 is 5.81. The smallest absolute Gasteiger partial charge is 0.257 e. The van der Waals surface area contributed by atoms with Crippen molar-refractivity contribution in [1.82, 2.24) is 15.5 Å². The number of nitrogens with one attached hydrogen (secondary N) is 1. The van der Waals surface area contributed by atoms with Crippen LogP contribution < -0.4 is 24.3 Å². The topological polar surface area (TPSA) is 105 Å². The van der Waals surface area contributed by atoms with E-state index in [-0.39, 0.29) is 12.5 Å². The van der Waals surface area contributed by atoms with Gasteiger partial charge in [-0.2, -0.15) is 4.98 Å². The molecule has 0 aliphatic carbocycles. The molecule has 9 nitrogen and oxygen atoms in total. The maximum Gasteiger partial charge on any atom is 0.257 e. The lowest BCUT2D eigenvalue weighted by Crippen LogP contribution is -2.30. The van der Waals surface area contributed by atoms with Crippen molar-refractivity contribution in [2.45, 2.75) is 6.42 Å². The molecule has 0 radical (unpaired) electrons. The van der Waals surface area contributed by atoms with Gasteiger partial charge >= 0.3 is 0 Å². The molecule has 1 amide bonds. The third kappa shape index (κ3) is 5.79. The van der Waals surface area contributed by atoms with Crippen LogP contribution in [0.3, 0.4) is 0 Å². The summed E-state index contributed by atoms with van der Waals surface area (Å²) in [5.41, 5.74) is 0.643. The third-order valence-corrected chi connectivity index (χ3v) is 4.49. The number of carbonyl (C=O) groups is 1. The van der Waals surface area contributed by atoms with Gasteiger partial charge in [0.05, 0.1) is 21.3 Å². The second-order valence-electron chi connectivity index (χ2n) is 6.27. The Morgan fingerprint density at radius 2 is 1.74 bits per heavy atom. The van der Waals surface area contributed by atoms with Crippen molar-refractivity contribution in [3.8, 4) is 34.4 Å². The van der Waals surface area contributed by atoms with Crippen LogP contribution in [0.4, 0.5) is 0 Å². The Labute approximate surface area is 184 Å². The van der Waals surface area contributed by atoms with Gasteiger partial charge < -0.3 is 28.8 Å². The first-order valence-corrected chi connectivity index (χ1v) is 9.70. The molecule has 164 valence electrons. The van der Waals surface area contributed by atoms with Crippen molar-refractivity contribution in [3.63, 3.8) is 0 Å². The number of halogens is 1. The highest BCUT2D eigenvalue weighted by Gasteiger charge is 2.17. The van der Waals surface area contributed by atoms with E-state index in [1.807, 2.05) is 0 Å². The van der Waals surface area contributed by atoms with E-state index in [0.717, 1.165) is 0 Å². The van der Waals surface area contributed by atoms with Crippen LogP contribution in [0.5, 0.6) is 23.0 Å². The summed E-state index contributed by atoms with van der Waals surface area (Å²) in [5.74, 6) is 2.48. The lowest BCUT2D eigenvalue weighted by atomic mass is 10.1. The maximum absolute atomic E-state index is 11.9. The molecule has 0 aliphatic heterocycles. The Kier molecular flexibility index (Phi) is 7.55. The molecule has 3 aromatic rings. The number of aromatic nitrogens is 2. The van der Waals surface area contributed by atoms with E-state index < -0.39 is 0 Å². The number of ether oxygens (including phenoxy) is 4. The fourth-order valence-corrected chi connectivity index (χ4v) is 2.85. The number of benzene rings is 2. The van der Waals surface area contributed by atoms with Gasteiger partial charge in [-0.1, -0.05) is 16.8 Å². The summed E-state index contributed by atoms with van der Waals surface area (Å²) in [6.07, 6.45) is 0.365. The van der Waals surface area contributed by atoms with Crippen LogP contribution in [-0.2, 0) is 11.2 Å². The molecule has 1 N–H and O–H groups in total. The third-order valence-electron chi connectivity index (χ3n) is 4.24. The van der Waals surface area contributed by atoms with Gasteiger partial charge in [-0.3, -0.25) is 4.79 Å². The molecule has 1 heterocycles. The Balaban J connectivity index is 1.54. The van der Waals surface area contributed by atoms with Gasteiger partial charge in [0, 0.05) is 23.6 Å². The number of carbonyl (C=O) groups excluding carboxylic acids is 1. The van der Waals surface area contributed by atoms with Crippen molar-refractivity contribution in [1.29, 1.82) is 0 Å². The Morgan fingerprint density at radius 1 is 1.06 bits per heavy atom. The molecule has 0 fully saturated rings. The molecule has 1 aromatic heterocycles. The normalized spacial score (nSPS) is 10.5. The van der Waals surface area contributed by atoms with Crippen molar-refractivity contribution >= 4 is 17.5 Å². The largest absolute Gasteiger partial charge is 0.493 e. The van der Waals surface area contributed by atoms with E-state index in [1.54, 1.807) is 36.4 Å². The summed E-state index contributed by atoms with van der Waals surface area (Å²) in [5, 5.41) is 7.33. The lowest BCUT2D eigenvalue weighted by molar-refractivity contribution is -0.123. The van der Waals surface area contributed by atoms with Gasteiger partial charge in [0.25, 0.3) is 5.91 Å². The number of hydrogen-bond donors (Lipinski definition) is 1. The van der Waals surface area contributed by atoms with Gasteiger partial charge in [0.1, 0.15) is 5.75 Å². The highest BCUT2D eigenvalue weighted by atomic mass is 35.5. The molecular weight excluding hydrogens is 426 g/mol. The van der Waals surface area contributed by atoms with E-state index in [0.29, 0.717) is 58.3 Å². The minimum Gasteiger partial charge on any atom is -0.493 e. The van der Waals surface area contributed by atoms with Crippen LogP contribution >= 0.6 is 11.6 Å². The quantitative estimate of drug-likeness (QED) is 0.505. The zero-order valence-electron chi connectivity index (χ0n) is 17.3. The summed E-state index contributed by atoms with van der Waals surface area (Å²) in [6.45, 7) is 0.210. The van der Waals surface area contributed by atoms with Crippen molar-refractivity contribution in [3.05, 3.63) is 47.3 Å². The number of nitrogens with zero attached hydrogens (tertiary/aromatic N) is 2. The van der Waals surface area contributed by atoms with E-state index in [1.165, 1.54) is 21.3 Å². The van der Waals surface area contributed by atoms with Gasteiger partial charge in [-0.05, 0) is 36.4 Å². The van der Waals surface area contributed by atoms with Gasteiger partial charge in [-0.25, -0.2) is 0 Å². The number of amides is 1. The van der Waals surface area contributed by atoms with Crippen molar-refractivity contribution in [2.75, 3.05) is 34.5 Å². The van der Waals surface area contributed by atoms with Crippen LogP contribution in [0.15, 0.2) is 40.9 Å². The molecule has 0 saturated carbocycles. The van der Waals surface area contributed by atoms with Crippen LogP contribution in [0.2, 0.25) is 5.02 Å². The SMILES string of the molecule is COc1cc(-c2noc(CCNC(=O)COc3ccc(Cl)cc3)n2)cc(OC)c1OC. The molecule has 0 spiro atoms. The molecule has 3 rings (SSSR count). The van der Waals surface area contributed by atoms with Gasteiger partial charge in [0.15, 0.2) is 18.1 Å². The zero-order valence-corrected chi connectivity index (χ0v) is 18.1. The summed E-state index contributed by atoms with van der Waals surface area (Å²) < 4.78 is 26.7. The molecule has 0 unspecified atom stereocenters. The number of rotatable bonds is 10.